The van der Waals surface area contributed by atoms with Crippen molar-refractivity contribution < 1.29 is 18.8 Å². The lowest BCUT2D eigenvalue weighted by molar-refractivity contribution is 0.112. The van der Waals surface area contributed by atoms with E-state index >= 15 is 0 Å². The Hall–Kier alpha value is -2.30. The van der Waals surface area contributed by atoms with Crippen LogP contribution in [0.4, 0.5) is 0 Å². The highest BCUT2D eigenvalue weighted by Crippen LogP contribution is 2.33. The third-order valence-electron chi connectivity index (χ3n) is 2.70. The van der Waals surface area contributed by atoms with Crippen molar-refractivity contribution in [1.82, 2.24) is 5.16 Å². The van der Waals surface area contributed by atoms with Crippen LogP contribution in [0.15, 0.2) is 29.0 Å². The molecule has 1 heterocycles. The molecule has 1 aromatic carbocycles. The molecular weight excluding hydrogens is 258 g/mol. The van der Waals surface area contributed by atoms with Gasteiger partial charge in [-0.05, 0) is 31.5 Å². The van der Waals surface area contributed by atoms with Crippen molar-refractivity contribution in [3.05, 3.63) is 30.0 Å². The van der Waals surface area contributed by atoms with Gasteiger partial charge in [0.25, 0.3) is 0 Å². The minimum absolute atomic E-state index is 0.412. The van der Waals surface area contributed by atoms with E-state index in [9.17, 15) is 4.79 Å². The lowest BCUT2D eigenvalue weighted by Gasteiger charge is -2.12. The molecule has 0 aliphatic heterocycles. The Kier molecular flexibility index (Phi) is 4.76. The van der Waals surface area contributed by atoms with E-state index in [1.807, 2.05) is 26.0 Å². The average Bonchev–Trinajstić information content (AvgIpc) is 2.94. The summed E-state index contributed by atoms with van der Waals surface area (Å²) >= 11 is 0. The summed E-state index contributed by atoms with van der Waals surface area (Å²) in [5.74, 6) is 1.33. The first-order valence-corrected chi connectivity index (χ1v) is 6.59. The topological polar surface area (TPSA) is 61.6 Å². The molecule has 0 fully saturated rings. The van der Waals surface area contributed by atoms with Crippen LogP contribution in [0, 0.1) is 0 Å². The lowest BCUT2D eigenvalue weighted by Crippen LogP contribution is -2.00. The normalized spacial score (nSPS) is 10.3. The summed E-state index contributed by atoms with van der Waals surface area (Å²) < 4.78 is 16.0. The van der Waals surface area contributed by atoms with E-state index in [1.165, 1.54) is 6.26 Å². The van der Waals surface area contributed by atoms with E-state index in [4.69, 9.17) is 14.0 Å². The maximum Gasteiger partial charge on any atom is 0.161 e. The van der Waals surface area contributed by atoms with Crippen LogP contribution >= 0.6 is 0 Å². The number of ether oxygens (including phenoxy) is 2. The molecular formula is C15H17NO4. The van der Waals surface area contributed by atoms with Gasteiger partial charge in [0.1, 0.15) is 12.0 Å². The number of aromatic nitrogens is 1. The quantitative estimate of drug-likeness (QED) is 0.725. The zero-order chi connectivity index (χ0) is 14.4. The zero-order valence-electron chi connectivity index (χ0n) is 11.6. The van der Waals surface area contributed by atoms with Crippen molar-refractivity contribution >= 4 is 6.29 Å². The van der Waals surface area contributed by atoms with Gasteiger partial charge in [-0.2, -0.15) is 0 Å². The van der Waals surface area contributed by atoms with E-state index < -0.39 is 0 Å². The van der Waals surface area contributed by atoms with E-state index in [-0.39, 0.29) is 0 Å². The summed E-state index contributed by atoms with van der Waals surface area (Å²) in [6, 6.07) is 5.46. The maximum atomic E-state index is 10.9. The molecule has 20 heavy (non-hydrogen) atoms. The summed E-state index contributed by atoms with van der Waals surface area (Å²) in [5.41, 5.74) is 1.67. The van der Waals surface area contributed by atoms with E-state index in [2.05, 4.69) is 5.16 Å². The summed E-state index contributed by atoms with van der Waals surface area (Å²) in [4.78, 5) is 10.9. The first-order chi connectivity index (χ1) is 9.80. The summed E-state index contributed by atoms with van der Waals surface area (Å²) in [6.45, 7) is 5.11. The molecule has 5 heteroatoms. The highest BCUT2D eigenvalue weighted by Gasteiger charge is 2.13. The third kappa shape index (κ3) is 2.99. The molecule has 0 N–H and O–H groups in total. The minimum atomic E-state index is 0.412. The van der Waals surface area contributed by atoms with Gasteiger partial charge in [0, 0.05) is 5.56 Å². The van der Waals surface area contributed by atoms with Crippen molar-refractivity contribution in [3.63, 3.8) is 0 Å². The number of benzene rings is 1. The second kappa shape index (κ2) is 6.75. The first-order valence-electron chi connectivity index (χ1n) is 6.59. The fraction of sp³-hybridized carbons (Fsp3) is 0.333. The van der Waals surface area contributed by atoms with Crippen LogP contribution < -0.4 is 9.47 Å². The Labute approximate surface area is 117 Å². The molecule has 0 saturated heterocycles. The molecule has 2 rings (SSSR count). The van der Waals surface area contributed by atoms with E-state index in [0.29, 0.717) is 42.3 Å². The van der Waals surface area contributed by atoms with Crippen LogP contribution in [0.25, 0.3) is 11.3 Å². The second-order valence-corrected chi connectivity index (χ2v) is 4.18. The molecule has 0 unspecified atom stereocenters. The Morgan fingerprint density at radius 2 is 2.10 bits per heavy atom. The number of hydrogen-bond donors (Lipinski definition) is 0. The average molecular weight is 275 g/mol. The van der Waals surface area contributed by atoms with Gasteiger partial charge in [0.2, 0.25) is 0 Å². The SMILES string of the molecule is CCCOc1ccc(-c2nocc2C=O)cc1OCC. The van der Waals surface area contributed by atoms with Crippen molar-refractivity contribution in [2.75, 3.05) is 13.2 Å². The van der Waals surface area contributed by atoms with Crippen molar-refractivity contribution in [2.45, 2.75) is 20.3 Å². The number of aldehydes is 1. The van der Waals surface area contributed by atoms with Gasteiger partial charge >= 0.3 is 0 Å². The second-order valence-electron chi connectivity index (χ2n) is 4.18. The van der Waals surface area contributed by atoms with Gasteiger partial charge in [-0.3, -0.25) is 4.79 Å². The summed E-state index contributed by atoms with van der Waals surface area (Å²) in [7, 11) is 0. The molecule has 106 valence electrons. The fourth-order valence-corrected chi connectivity index (χ4v) is 1.80. The Bertz CT molecular complexity index is 577. The molecule has 0 radical (unpaired) electrons. The number of carbonyl (C=O) groups excluding carboxylic acids is 1. The number of nitrogens with zero attached hydrogens (tertiary/aromatic N) is 1. The smallest absolute Gasteiger partial charge is 0.161 e. The van der Waals surface area contributed by atoms with Crippen LogP contribution in [0.5, 0.6) is 11.5 Å². The Morgan fingerprint density at radius 1 is 1.25 bits per heavy atom. The molecule has 1 aromatic heterocycles. The molecule has 0 saturated carbocycles. The number of rotatable bonds is 7. The minimum Gasteiger partial charge on any atom is -0.490 e. The highest BCUT2D eigenvalue weighted by atomic mass is 16.5. The predicted octanol–water partition coefficient (Wildman–Crippen LogP) is 3.34. The van der Waals surface area contributed by atoms with Gasteiger partial charge in [0.15, 0.2) is 17.8 Å². The van der Waals surface area contributed by atoms with Crippen LogP contribution in [0.1, 0.15) is 30.6 Å². The summed E-state index contributed by atoms with van der Waals surface area (Å²) in [6.07, 6.45) is 2.96. The van der Waals surface area contributed by atoms with Gasteiger partial charge in [-0.25, -0.2) is 0 Å². The predicted molar refractivity (Wildman–Crippen MR) is 74.3 cm³/mol. The van der Waals surface area contributed by atoms with Gasteiger partial charge in [-0.1, -0.05) is 12.1 Å². The van der Waals surface area contributed by atoms with Crippen molar-refractivity contribution in [1.29, 1.82) is 0 Å². The van der Waals surface area contributed by atoms with Gasteiger partial charge < -0.3 is 14.0 Å². The van der Waals surface area contributed by atoms with E-state index in [0.717, 1.165) is 12.0 Å². The first kappa shape index (κ1) is 14.1. The van der Waals surface area contributed by atoms with Gasteiger partial charge in [0.05, 0.1) is 18.8 Å². The highest BCUT2D eigenvalue weighted by molar-refractivity contribution is 5.85. The Balaban J connectivity index is 2.36. The van der Waals surface area contributed by atoms with Crippen molar-refractivity contribution in [2.24, 2.45) is 0 Å². The zero-order valence-corrected chi connectivity index (χ0v) is 11.6. The molecule has 0 aliphatic carbocycles. The molecule has 0 spiro atoms. The fourth-order valence-electron chi connectivity index (χ4n) is 1.80. The van der Waals surface area contributed by atoms with Crippen LogP contribution in [-0.2, 0) is 0 Å². The monoisotopic (exact) mass is 275 g/mol. The van der Waals surface area contributed by atoms with Crippen LogP contribution in [0.2, 0.25) is 0 Å². The maximum absolute atomic E-state index is 10.9. The number of carbonyl (C=O) groups is 1. The molecule has 0 amide bonds. The van der Waals surface area contributed by atoms with Crippen LogP contribution in [0.3, 0.4) is 0 Å². The van der Waals surface area contributed by atoms with Crippen LogP contribution in [-0.4, -0.2) is 24.7 Å². The molecule has 0 atom stereocenters. The van der Waals surface area contributed by atoms with Crippen molar-refractivity contribution in [3.8, 4) is 22.8 Å². The largest absolute Gasteiger partial charge is 0.490 e. The third-order valence-corrected chi connectivity index (χ3v) is 2.70. The van der Waals surface area contributed by atoms with Gasteiger partial charge in [-0.15, -0.1) is 0 Å². The number of hydrogen-bond acceptors (Lipinski definition) is 5. The molecule has 5 nitrogen and oxygen atoms in total. The Morgan fingerprint density at radius 3 is 2.80 bits per heavy atom. The lowest BCUT2D eigenvalue weighted by atomic mass is 10.1. The standard InChI is InChI=1S/C15H17NO4/c1-3-7-19-13-6-5-11(8-14(13)18-4-2)15-12(9-17)10-20-16-15/h5-6,8-10H,3-4,7H2,1-2H3. The molecule has 0 aliphatic rings. The van der Waals surface area contributed by atoms with E-state index in [1.54, 1.807) is 6.07 Å². The molecule has 0 bridgehead atoms. The summed E-state index contributed by atoms with van der Waals surface area (Å²) in [5, 5.41) is 3.85. The molecule has 2 aromatic rings.